The quantitative estimate of drug-likeness (QED) is 0.252. The van der Waals surface area contributed by atoms with Gasteiger partial charge in [-0.1, -0.05) is 96.5 Å². The molecule has 2 aromatic heterocycles. The summed E-state index contributed by atoms with van der Waals surface area (Å²) < 4.78 is 6.28. The summed E-state index contributed by atoms with van der Waals surface area (Å²) in [6.07, 6.45) is 0. The van der Waals surface area contributed by atoms with Gasteiger partial charge < -0.3 is 4.42 Å². The lowest BCUT2D eigenvalue weighted by Gasteiger charge is -2.09. The fourth-order valence-corrected chi connectivity index (χ4v) is 4.85. The zero-order chi connectivity index (χ0) is 24.1. The molecule has 5 heteroatoms. The molecule has 0 aliphatic rings. The molecular formula is C31H18ClN3O. The summed E-state index contributed by atoms with van der Waals surface area (Å²) in [5, 5.41) is 4.82. The maximum atomic E-state index is 6.60. The Kier molecular flexibility index (Phi) is 4.79. The highest BCUT2D eigenvalue weighted by molar-refractivity contribution is 6.32. The van der Waals surface area contributed by atoms with E-state index in [-0.39, 0.29) is 0 Å². The fraction of sp³-hybridized carbons (Fsp3) is 0. The van der Waals surface area contributed by atoms with Crippen LogP contribution in [0.3, 0.4) is 0 Å². The molecular weight excluding hydrogens is 466 g/mol. The Labute approximate surface area is 211 Å². The normalized spacial score (nSPS) is 11.5. The third-order valence-corrected chi connectivity index (χ3v) is 6.58. The standard InChI is InChI=1S/C31H18ClN3O/c32-23-17-25-24-12-6-7-13-27(24)36-28(25)26(18-23)31-34-29(20-9-2-1-3-10-20)33-30(35-31)22-15-14-19-8-4-5-11-21(19)16-22/h1-18H. The van der Waals surface area contributed by atoms with E-state index in [2.05, 4.69) is 24.3 Å². The van der Waals surface area contributed by atoms with Crippen LogP contribution in [0.25, 0.3) is 66.9 Å². The van der Waals surface area contributed by atoms with Crippen molar-refractivity contribution in [2.45, 2.75) is 0 Å². The first-order valence-electron chi connectivity index (χ1n) is 11.6. The number of hydrogen-bond acceptors (Lipinski definition) is 4. The lowest BCUT2D eigenvalue weighted by atomic mass is 10.1. The molecule has 0 saturated carbocycles. The third kappa shape index (κ3) is 3.51. The fourth-order valence-electron chi connectivity index (χ4n) is 4.63. The van der Waals surface area contributed by atoms with E-state index >= 15 is 0 Å². The van der Waals surface area contributed by atoms with Gasteiger partial charge in [0.2, 0.25) is 0 Å². The van der Waals surface area contributed by atoms with E-state index in [9.17, 15) is 0 Å². The number of hydrogen-bond donors (Lipinski definition) is 0. The van der Waals surface area contributed by atoms with Crippen molar-refractivity contribution in [1.82, 2.24) is 15.0 Å². The average Bonchev–Trinajstić information content (AvgIpc) is 3.31. The minimum atomic E-state index is 0.513. The van der Waals surface area contributed by atoms with Crippen LogP contribution < -0.4 is 0 Å². The van der Waals surface area contributed by atoms with E-state index in [1.54, 1.807) is 0 Å². The number of furan rings is 1. The van der Waals surface area contributed by atoms with Crippen LogP contribution in [0.5, 0.6) is 0 Å². The van der Waals surface area contributed by atoms with Crippen molar-refractivity contribution in [3.8, 4) is 34.2 Å². The molecule has 0 fully saturated rings. The van der Waals surface area contributed by atoms with E-state index in [1.165, 1.54) is 0 Å². The molecule has 0 N–H and O–H groups in total. The van der Waals surface area contributed by atoms with Crippen LogP contribution in [0, 0.1) is 0 Å². The minimum Gasteiger partial charge on any atom is -0.455 e. The van der Waals surface area contributed by atoms with Crippen LogP contribution in [0.2, 0.25) is 5.02 Å². The van der Waals surface area contributed by atoms with Crippen LogP contribution in [0.4, 0.5) is 0 Å². The Hall–Kier alpha value is -4.54. The molecule has 7 rings (SSSR count). The highest BCUT2D eigenvalue weighted by atomic mass is 35.5. The number of rotatable bonds is 3. The zero-order valence-electron chi connectivity index (χ0n) is 19.0. The van der Waals surface area contributed by atoms with Gasteiger partial charge in [0.05, 0.1) is 5.56 Å². The Balaban J connectivity index is 1.51. The van der Waals surface area contributed by atoms with Gasteiger partial charge >= 0.3 is 0 Å². The molecule has 0 radical (unpaired) electrons. The number of halogens is 1. The molecule has 0 aliphatic heterocycles. The maximum Gasteiger partial charge on any atom is 0.167 e. The largest absolute Gasteiger partial charge is 0.455 e. The first kappa shape index (κ1) is 20.8. The van der Waals surface area contributed by atoms with Crippen molar-refractivity contribution < 1.29 is 4.42 Å². The van der Waals surface area contributed by atoms with Crippen molar-refractivity contribution in [2.24, 2.45) is 0 Å². The van der Waals surface area contributed by atoms with E-state index in [4.69, 9.17) is 31.0 Å². The van der Waals surface area contributed by atoms with Gasteiger partial charge in [-0.05, 0) is 35.0 Å². The molecule has 0 aliphatic carbocycles. The SMILES string of the molecule is Clc1cc(-c2nc(-c3ccccc3)nc(-c3ccc4ccccc4c3)n2)c2oc3ccccc3c2c1. The van der Waals surface area contributed by atoms with Gasteiger partial charge in [-0.15, -0.1) is 0 Å². The summed E-state index contributed by atoms with van der Waals surface area (Å²) in [7, 11) is 0. The predicted molar refractivity (Wildman–Crippen MR) is 146 cm³/mol. The summed E-state index contributed by atoms with van der Waals surface area (Å²) in [4.78, 5) is 14.7. The van der Waals surface area contributed by atoms with Crippen molar-refractivity contribution in [3.05, 3.63) is 114 Å². The van der Waals surface area contributed by atoms with E-state index in [1.807, 2.05) is 84.9 Å². The molecule has 4 nitrogen and oxygen atoms in total. The van der Waals surface area contributed by atoms with Gasteiger partial charge in [0.15, 0.2) is 17.5 Å². The molecule has 170 valence electrons. The molecule has 2 heterocycles. The Morgan fingerprint density at radius 2 is 1.22 bits per heavy atom. The monoisotopic (exact) mass is 483 g/mol. The summed E-state index contributed by atoms with van der Waals surface area (Å²) >= 11 is 6.60. The average molecular weight is 484 g/mol. The van der Waals surface area contributed by atoms with Crippen molar-refractivity contribution in [3.63, 3.8) is 0 Å². The van der Waals surface area contributed by atoms with Crippen LogP contribution in [0.1, 0.15) is 0 Å². The zero-order valence-corrected chi connectivity index (χ0v) is 19.8. The van der Waals surface area contributed by atoms with Gasteiger partial charge in [-0.2, -0.15) is 0 Å². The first-order chi connectivity index (χ1) is 17.7. The smallest absolute Gasteiger partial charge is 0.167 e. The molecule has 0 saturated heterocycles. The highest BCUT2D eigenvalue weighted by Crippen LogP contribution is 2.38. The van der Waals surface area contributed by atoms with Gasteiger partial charge in [0, 0.05) is 26.9 Å². The minimum absolute atomic E-state index is 0.513. The Morgan fingerprint density at radius 1 is 0.528 bits per heavy atom. The van der Waals surface area contributed by atoms with Gasteiger partial charge in [-0.25, -0.2) is 15.0 Å². The molecule has 0 spiro atoms. The van der Waals surface area contributed by atoms with Gasteiger partial charge in [0.25, 0.3) is 0 Å². The molecule has 0 unspecified atom stereocenters. The van der Waals surface area contributed by atoms with Gasteiger partial charge in [0.1, 0.15) is 11.2 Å². The summed E-state index contributed by atoms with van der Waals surface area (Å²) in [6.45, 7) is 0. The second-order valence-electron chi connectivity index (χ2n) is 8.66. The highest BCUT2D eigenvalue weighted by Gasteiger charge is 2.18. The topological polar surface area (TPSA) is 51.8 Å². The summed E-state index contributed by atoms with van der Waals surface area (Å²) in [6, 6.07) is 36.2. The molecule has 0 bridgehead atoms. The number of fused-ring (bicyclic) bond motifs is 4. The molecule has 5 aromatic carbocycles. The van der Waals surface area contributed by atoms with Crippen molar-refractivity contribution in [2.75, 3.05) is 0 Å². The second kappa shape index (κ2) is 8.29. The van der Waals surface area contributed by atoms with Crippen molar-refractivity contribution in [1.29, 1.82) is 0 Å². The Morgan fingerprint density at radius 3 is 2.08 bits per heavy atom. The summed E-state index contributed by atoms with van der Waals surface area (Å²) in [5.74, 6) is 1.69. The summed E-state index contributed by atoms with van der Waals surface area (Å²) in [5.41, 5.74) is 4.05. The number of nitrogens with zero attached hydrogens (tertiary/aromatic N) is 3. The second-order valence-corrected chi connectivity index (χ2v) is 9.10. The predicted octanol–water partition coefficient (Wildman–Crippen LogP) is 8.58. The van der Waals surface area contributed by atoms with E-state index in [0.717, 1.165) is 43.8 Å². The van der Waals surface area contributed by atoms with Crippen LogP contribution in [-0.2, 0) is 0 Å². The van der Waals surface area contributed by atoms with Crippen LogP contribution >= 0.6 is 11.6 Å². The third-order valence-electron chi connectivity index (χ3n) is 6.36. The van der Waals surface area contributed by atoms with Crippen LogP contribution in [-0.4, -0.2) is 15.0 Å². The molecule has 0 atom stereocenters. The maximum absolute atomic E-state index is 6.60. The Bertz CT molecular complexity index is 1910. The van der Waals surface area contributed by atoms with E-state index < -0.39 is 0 Å². The number of aromatic nitrogens is 3. The van der Waals surface area contributed by atoms with Crippen LogP contribution in [0.15, 0.2) is 114 Å². The molecule has 0 amide bonds. The lowest BCUT2D eigenvalue weighted by Crippen LogP contribution is -2.00. The molecule has 36 heavy (non-hydrogen) atoms. The lowest BCUT2D eigenvalue weighted by molar-refractivity contribution is 0.669. The molecule has 7 aromatic rings. The number of para-hydroxylation sites is 1. The van der Waals surface area contributed by atoms with Gasteiger partial charge in [-0.3, -0.25) is 0 Å². The first-order valence-corrected chi connectivity index (χ1v) is 12.0. The van der Waals surface area contributed by atoms with E-state index in [0.29, 0.717) is 28.1 Å². The van der Waals surface area contributed by atoms with Crippen molar-refractivity contribution >= 4 is 44.3 Å². The number of benzene rings is 5.